The molecule has 7 nitrogen and oxygen atoms in total. The molecule has 3 aliphatic rings. The smallest absolute Gasteiger partial charge is 0.317 e. The molecular weight excluding hydrogens is 318 g/mol. The summed E-state index contributed by atoms with van der Waals surface area (Å²) in [4.78, 5) is 19.5. The highest BCUT2D eigenvalue weighted by molar-refractivity contribution is 5.74. The summed E-state index contributed by atoms with van der Waals surface area (Å²) in [6.07, 6.45) is 4.94. The largest absolute Gasteiger partial charge is 0.361 e. The molecule has 1 aromatic heterocycles. The second-order valence-electron chi connectivity index (χ2n) is 7.64. The van der Waals surface area contributed by atoms with Crippen molar-refractivity contribution < 1.29 is 9.32 Å². The van der Waals surface area contributed by atoms with Crippen LogP contribution >= 0.6 is 0 Å². The first-order valence-electron chi connectivity index (χ1n) is 9.63. The van der Waals surface area contributed by atoms with Crippen molar-refractivity contribution in [3.63, 3.8) is 0 Å². The highest BCUT2D eigenvalue weighted by Gasteiger charge is 2.37. The third-order valence-electron chi connectivity index (χ3n) is 5.89. The van der Waals surface area contributed by atoms with Crippen molar-refractivity contribution in [1.29, 1.82) is 0 Å². The molecule has 4 heterocycles. The molecule has 3 saturated heterocycles. The van der Waals surface area contributed by atoms with Crippen LogP contribution in [0.4, 0.5) is 4.79 Å². The van der Waals surface area contributed by atoms with Crippen molar-refractivity contribution in [3.05, 3.63) is 17.5 Å². The van der Waals surface area contributed by atoms with Crippen LogP contribution in [0.3, 0.4) is 0 Å². The lowest BCUT2D eigenvalue weighted by Gasteiger charge is -2.36. The number of amides is 2. The fourth-order valence-corrected chi connectivity index (χ4v) is 4.50. The molecule has 4 rings (SSSR count). The van der Waals surface area contributed by atoms with Crippen LogP contribution in [-0.2, 0) is 6.54 Å². The van der Waals surface area contributed by atoms with Crippen molar-refractivity contribution in [1.82, 2.24) is 25.2 Å². The molecule has 1 aromatic rings. The van der Waals surface area contributed by atoms with E-state index in [1.54, 1.807) is 0 Å². The molecule has 0 saturated carbocycles. The van der Waals surface area contributed by atoms with E-state index in [1.165, 1.54) is 25.8 Å². The molecule has 7 heteroatoms. The lowest BCUT2D eigenvalue weighted by atomic mass is 9.99. The number of hydrogen-bond donors (Lipinski definition) is 1. The highest BCUT2D eigenvalue weighted by Crippen LogP contribution is 2.27. The molecule has 0 radical (unpaired) electrons. The maximum atomic E-state index is 12.6. The van der Waals surface area contributed by atoms with Gasteiger partial charge in [-0.05, 0) is 32.7 Å². The topological polar surface area (TPSA) is 64.8 Å². The average Bonchev–Trinajstić information content (AvgIpc) is 3.22. The van der Waals surface area contributed by atoms with Crippen LogP contribution in [0, 0.1) is 6.92 Å². The number of aryl methyl sites for hydroxylation is 1. The second-order valence-corrected chi connectivity index (χ2v) is 7.64. The Morgan fingerprint density at radius 2 is 2.04 bits per heavy atom. The summed E-state index contributed by atoms with van der Waals surface area (Å²) in [5, 5.41) is 7.37. The lowest BCUT2D eigenvalue weighted by Crippen LogP contribution is -2.55. The molecule has 1 N–H and O–H groups in total. The first-order chi connectivity index (χ1) is 12.2. The van der Waals surface area contributed by atoms with Crippen molar-refractivity contribution in [2.75, 3.05) is 39.3 Å². The number of fused-ring (bicyclic) bond motifs is 1. The van der Waals surface area contributed by atoms with Crippen LogP contribution < -0.4 is 5.32 Å². The maximum Gasteiger partial charge on any atom is 0.317 e. The van der Waals surface area contributed by atoms with Crippen LogP contribution in [0.1, 0.15) is 37.1 Å². The number of hydrogen-bond acceptors (Lipinski definition) is 5. The molecule has 2 atom stereocenters. The lowest BCUT2D eigenvalue weighted by molar-refractivity contribution is 0.127. The Hall–Kier alpha value is -1.60. The number of piperidine rings is 1. The number of nitrogens with one attached hydrogen (secondary N) is 1. The zero-order valence-electron chi connectivity index (χ0n) is 15.1. The number of urea groups is 1. The van der Waals surface area contributed by atoms with Gasteiger partial charge in [-0.15, -0.1) is 0 Å². The summed E-state index contributed by atoms with van der Waals surface area (Å²) in [6.45, 7) is 8.39. The van der Waals surface area contributed by atoms with Gasteiger partial charge in [0.15, 0.2) is 0 Å². The third-order valence-corrected chi connectivity index (χ3v) is 5.89. The number of carbonyl (C=O) groups is 1. The number of nitrogens with zero attached hydrogens (tertiary/aromatic N) is 4. The summed E-state index contributed by atoms with van der Waals surface area (Å²) in [6, 6.07) is 3.00. The Balaban J connectivity index is 1.24. The first kappa shape index (κ1) is 16.8. The summed E-state index contributed by atoms with van der Waals surface area (Å²) >= 11 is 0. The molecule has 2 amide bonds. The summed E-state index contributed by atoms with van der Waals surface area (Å²) in [5.74, 6) is 0.848. The van der Waals surface area contributed by atoms with Crippen LogP contribution in [0.15, 0.2) is 10.6 Å². The Morgan fingerprint density at radius 3 is 2.80 bits per heavy atom. The Bertz CT molecular complexity index is 596. The molecule has 0 spiro atoms. The number of carbonyl (C=O) groups excluding carboxylic acids is 1. The second kappa shape index (κ2) is 7.33. The van der Waals surface area contributed by atoms with Gasteiger partial charge in [0, 0.05) is 57.4 Å². The van der Waals surface area contributed by atoms with E-state index in [0.29, 0.717) is 12.1 Å². The minimum atomic E-state index is 0.120. The quantitative estimate of drug-likeness (QED) is 0.896. The Kier molecular flexibility index (Phi) is 4.94. The molecular formula is C18H29N5O2. The van der Waals surface area contributed by atoms with Gasteiger partial charge >= 0.3 is 6.03 Å². The number of piperazine rings is 1. The summed E-state index contributed by atoms with van der Waals surface area (Å²) < 4.78 is 5.13. The molecule has 0 bridgehead atoms. The molecule has 138 valence electrons. The predicted molar refractivity (Wildman–Crippen MR) is 94.2 cm³/mol. The first-order valence-corrected chi connectivity index (χ1v) is 9.63. The van der Waals surface area contributed by atoms with Gasteiger partial charge in [-0.1, -0.05) is 11.6 Å². The van der Waals surface area contributed by atoms with Gasteiger partial charge in [0.1, 0.15) is 5.76 Å². The predicted octanol–water partition coefficient (Wildman–Crippen LogP) is 1.44. The van der Waals surface area contributed by atoms with E-state index in [2.05, 4.69) is 20.3 Å². The summed E-state index contributed by atoms with van der Waals surface area (Å²) in [7, 11) is 0. The van der Waals surface area contributed by atoms with Gasteiger partial charge in [-0.2, -0.15) is 0 Å². The minimum Gasteiger partial charge on any atom is -0.361 e. The molecule has 0 aliphatic carbocycles. The normalized spacial score (nSPS) is 28.1. The summed E-state index contributed by atoms with van der Waals surface area (Å²) in [5.41, 5.74) is 0.971. The minimum absolute atomic E-state index is 0.120. The maximum absolute atomic E-state index is 12.6. The van der Waals surface area contributed by atoms with E-state index in [4.69, 9.17) is 4.52 Å². The third kappa shape index (κ3) is 3.82. The van der Waals surface area contributed by atoms with Crippen LogP contribution in [0.5, 0.6) is 0 Å². The van der Waals surface area contributed by atoms with E-state index >= 15 is 0 Å². The number of rotatable bonds is 3. The molecule has 25 heavy (non-hydrogen) atoms. The SMILES string of the molecule is Cc1cc(CN2CCN(C(=O)N[C@H]3CCN4CCCC[C@H]34)CC2)no1. The van der Waals surface area contributed by atoms with Crippen molar-refractivity contribution in [3.8, 4) is 0 Å². The average molecular weight is 347 g/mol. The van der Waals surface area contributed by atoms with Gasteiger partial charge in [-0.3, -0.25) is 9.80 Å². The van der Waals surface area contributed by atoms with Crippen LogP contribution in [-0.4, -0.2) is 77.2 Å². The van der Waals surface area contributed by atoms with E-state index in [0.717, 1.165) is 57.1 Å². The number of aromatic nitrogens is 1. The Morgan fingerprint density at radius 1 is 1.20 bits per heavy atom. The van der Waals surface area contributed by atoms with Crippen molar-refractivity contribution >= 4 is 6.03 Å². The van der Waals surface area contributed by atoms with E-state index < -0.39 is 0 Å². The highest BCUT2D eigenvalue weighted by atomic mass is 16.5. The molecule has 0 unspecified atom stereocenters. The van der Waals surface area contributed by atoms with Gasteiger partial charge in [0.2, 0.25) is 0 Å². The van der Waals surface area contributed by atoms with Gasteiger partial charge in [0.05, 0.1) is 5.69 Å². The van der Waals surface area contributed by atoms with E-state index in [9.17, 15) is 4.79 Å². The fourth-order valence-electron chi connectivity index (χ4n) is 4.50. The monoisotopic (exact) mass is 347 g/mol. The van der Waals surface area contributed by atoms with Crippen LogP contribution in [0.2, 0.25) is 0 Å². The van der Waals surface area contributed by atoms with Crippen LogP contribution in [0.25, 0.3) is 0 Å². The van der Waals surface area contributed by atoms with Gasteiger partial charge < -0.3 is 14.7 Å². The van der Waals surface area contributed by atoms with Crippen molar-refractivity contribution in [2.24, 2.45) is 0 Å². The fraction of sp³-hybridized carbons (Fsp3) is 0.778. The zero-order valence-corrected chi connectivity index (χ0v) is 15.1. The standard InChI is InChI=1S/C18H29N5O2/c1-14-12-15(20-25-14)13-21-8-10-23(11-9-21)18(24)19-16-5-7-22-6-3-2-4-17(16)22/h12,16-17H,2-11,13H2,1H3,(H,19,24)/t16-,17+/m0/s1. The Labute approximate surface area is 149 Å². The van der Waals surface area contributed by atoms with Gasteiger partial charge in [-0.25, -0.2) is 4.79 Å². The zero-order chi connectivity index (χ0) is 17.2. The molecule has 3 fully saturated rings. The molecule has 0 aromatic carbocycles. The van der Waals surface area contributed by atoms with E-state index in [1.807, 2.05) is 17.9 Å². The molecule has 3 aliphatic heterocycles. The van der Waals surface area contributed by atoms with E-state index in [-0.39, 0.29) is 6.03 Å². The van der Waals surface area contributed by atoms with Crippen molar-refractivity contribution in [2.45, 2.75) is 51.2 Å². The van der Waals surface area contributed by atoms with Gasteiger partial charge in [0.25, 0.3) is 0 Å².